The first-order valence-electron chi connectivity index (χ1n) is 3.33. The maximum atomic E-state index is 11.0. The van der Waals surface area contributed by atoms with Crippen LogP contribution in [0.2, 0.25) is 0 Å². The molecule has 13 heavy (non-hydrogen) atoms. The summed E-state index contributed by atoms with van der Waals surface area (Å²) in [6.45, 7) is 0. The van der Waals surface area contributed by atoms with Gasteiger partial charge in [0.2, 0.25) is 0 Å². The van der Waals surface area contributed by atoms with Crippen molar-refractivity contribution in [2.24, 2.45) is 0 Å². The molecule has 6 nitrogen and oxygen atoms in total. The third kappa shape index (κ3) is 1.78. The summed E-state index contributed by atoms with van der Waals surface area (Å²) in [5.41, 5.74) is -0.447. The van der Waals surface area contributed by atoms with E-state index in [1.54, 1.807) is 0 Å². The molecule has 0 bridgehead atoms. The molecule has 1 rings (SSSR count). The summed E-state index contributed by atoms with van der Waals surface area (Å²) in [5, 5.41) is 10.4. The fourth-order valence-electron chi connectivity index (χ4n) is 0.814. The molecule has 0 saturated heterocycles. The van der Waals surface area contributed by atoms with Crippen molar-refractivity contribution in [3.05, 3.63) is 34.1 Å². The van der Waals surface area contributed by atoms with E-state index < -0.39 is 10.9 Å². The number of hydrogen-bond donors (Lipinski definition) is 0. The van der Waals surface area contributed by atoms with E-state index in [-0.39, 0.29) is 11.3 Å². The highest BCUT2D eigenvalue weighted by Gasteiger charge is 2.19. The summed E-state index contributed by atoms with van der Waals surface area (Å²) >= 11 is 0. The maximum absolute atomic E-state index is 11.0. The van der Waals surface area contributed by atoms with E-state index in [0.717, 1.165) is 19.4 Å². The van der Waals surface area contributed by atoms with E-state index in [9.17, 15) is 14.9 Å². The third-order valence-corrected chi connectivity index (χ3v) is 1.40. The van der Waals surface area contributed by atoms with Crippen LogP contribution in [-0.4, -0.2) is 23.0 Å². The van der Waals surface area contributed by atoms with Crippen LogP contribution in [-0.2, 0) is 4.74 Å². The van der Waals surface area contributed by atoms with Crippen molar-refractivity contribution < 1.29 is 14.5 Å². The van der Waals surface area contributed by atoms with Crippen molar-refractivity contribution in [3.8, 4) is 0 Å². The van der Waals surface area contributed by atoms with E-state index in [2.05, 4.69) is 9.72 Å². The quantitative estimate of drug-likeness (QED) is 0.383. The van der Waals surface area contributed by atoms with E-state index in [1.807, 2.05) is 0 Å². The van der Waals surface area contributed by atoms with Crippen molar-refractivity contribution in [1.82, 2.24) is 4.98 Å². The molecule has 0 saturated carbocycles. The number of nitrogens with zero attached hydrogens (tertiary/aromatic N) is 2. The zero-order valence-electron chi connectivity index (χ0n) is 6.76. The molecular weight excluding hydrogens is 176 g/mol. The molecule has 1 aromatic heterocycles. The van der Waals surface area contributed by atoms with Gasteiger partial charge in [0.05, 0.1) is 12.0 Å². The van der Waals surface area contributed by atoms with Gasteiger partial charge in [0.25, 0.3) is 5.69 Å². The van der Waals surface area contributed by atoms with Gasteiger partial charge in [-0.15, -0.1) is 0 Å². The topological polar surface area (TPSA) is 82.3 Å². The van der Waals surface area contributed by atoms with Gasteiger partial charge < -0.3 is 4.74 Å². The molecule has 6 heteroatoms. The number of nitro groups is 1. The lowest BCUT2D eigenvalue weighted by Gasteiger charge is -1.98. The number of carbonyl (C=O) groups is 1. The fourth-order valence-corrected chi connectivity index (χ4v) is 0.814. The Bertz CT molecular complexity index is 350. The molecule has 0 N–H and O–H groups in total. The molecule has 0 aliphatic carbocycles. The Hall–Kier alpha value is -1.98. The normalized spacial score (nSPS) is 9.31. The number of carbonyl (C=O) groups excluding carboxylic acids is 1. The van der Waals surface area contributed by atoms with Crippen LogP contribution in [0.4, 0.5) is 5.69 Å². The lowest BCUT2D eigenvalue weighted by molar-refractivity contribution is -0.385. The average Bonchev–Trinajstić information content (AvgIpc) is 2.16. The number of pyridine rings is 1. The van der Waals surface area contributed by atoms with Crippen LogP contribution in [0.15, 0.2) is 18.5 Å². The molecule has 68 valence electrons. The molecule has 0 amide bonds. The van der Waals surface area contributed by atoms with Gasteiger partial charge in [-0.2, -0.15) is 0 Å². The number of hydrogen-bond acceptors (Lipinski definition) is 5. The molecular formula is C7H6N2O4. The van der Waals surface area contributed by atoms with Crippen LogP contribution >= 0.6 is 0 Å². The molecule has 0 spiro atoms. The first kappa shape index (κ1) is 9.11. The standard InChI is InChI=1S/C7H6N2O4/c1-13-7(10)5-4-8-3-2-6(5)9(11)12/h2-4H,1H3. The van der Waals surface area contributed by atoms with Gasteiger partial charge in [0.15, 0.2) is 5.56 Å². The maximum Gasteiger partial charge on any atom is 0.346 e. The van der Waals surface area contributed by atoms with E-state index in [1.165, 1.54) is 6.20 Å². The van der Waals surface area contributed by atoms with Crippen LogP contribution in [0.5, 0.6) is 0 Å². The van der Waals surface area contributed by atoms with Crippen LogP contribution < -0.4 is 0 Å². The molecule has 0 atom stereocenters. The SMILES string of the molecule is COC(=O)c1cnccc1[N+](=O)[O-]. The number of rotatable bonds is 2. The predicted octanol–water partition coefficient (Wildman–Crippen LogP) is 0.776. The predicted molar refractivity (Wildman–Crippen MR) is 42.2 cm³/mol. The minimum absolute atomic E-state index is 0.144. The van der Waals surface area contributed by atoms with Crippen LogP contribution in [0, 0.1) is 10.1 Å². The number of ether oxygens (including phenoxy) is 1. The molecule has 0 aromatic carbocycles. The van der Waals surface area contributed by atoms with Crippen LogP contribution in [0.3, 0.4) is 0 Å². The third-order valence-electron chi connectivity index (χ3n) is 1.40. The molecule has 0 aliphatic heterocycles. The summed E-state index contributed by atoms with van der Waals surface area (Å²) in [7, 11) is 1.15. The smallest absolute Gasteiger partial charge is 0.346 e. The van der Waals surface area contributed by atoms with Gasteiger partial charge in [0, 0.05) is 18.5 Å². The molecule has 0 fully saturated rings. The zero-order chi connectivity index (χ0) is 9.84. The molecule has 0 aliphatic rings. The van der Waals surface area contributed by atoms with E-state index >= 15 is 0 Å². The summed E-state index contributed by atoms with van der Waals surface area (Å²) in [5.74, 6) is -0.764. The van der Waals surface area contributed by atoms with E-state index in [4.69, 9.17) is 0 Å². The van der Waals surface area contributed by atoms with Gasteiger partial charge in [-0.3, -0.25) is 15.1 Å². The van der Waals surface area contributed by atoms with Crippen LogP contribution in [0.1, 0.15) is 10.4 Å². The monoisotopic (exact) mass is 182 g/mol. The lowest BCUT2D eigenvalue weighted by atomic mass is 10.2. The highest BCUT2D eigenvalue weighted by atomic mass is 16.6. The Morgan fingerprint density at radius 3 is 2.92 bits per heavy atom. The lowest BCUT2D eigenvalue weighted by Crippen LogP contribution is -2.05. The Morgan fingerprint density at radius 1 is 1.69 bits per heavy atom. The number of methoxy groups -OCH3 is 1. The molecule has 0 radical (unpaired) electrons. The minimum atomic E-state index is -0.764. The largest absolute Gasteiger partial charge is 0.465 e. The highest BCUT2D eigenvalue weighted by molar-refractivity contribution is 5.93. The molecule has 0 unspecified atom stereocenters. The first-order valence-corrected chi connectivity index (χ1v) is 3.33. The van der Waals surface area contributed by atoms with Crippen molar-refractivity contribution in [2.45, 2.75) is 0 Å². The van der Waals surface area contributed by atoms with Crippen LogP contribution in [0.25, 0.3) is 0 Å². The van der Waals surface area contributed by atoms with Gasteiger partial charge in [0.1, 0.15) is 0 Å². The second-order valence-electron chi connectivity index (χ2n) is 2.14. The summed E-state index contributed by atoms with van der Waals surface area (Å²) in [6.07, 6.45) is 2.34. The first-order chi connectivity index (χ1) is 6.16. The fraction of sp³-hybridized carbons (Fsp3) is 0.143. The highest BCUT2D eigenvalue weighted by Crippen LogP contribution is 2.16. The minimum Gasteiger partial charge on any atom is -0.465 e. The van der Waals surface area contributed by atoms with Crippen molar-refractivity contribution >= 4 is 11.7 Å². The van der Waals surface area contributed by atoms with E-state index in [0.29, 0.717) is 0 Å². The number of aromatic nitrogens is 1. The van der Waals surface area contributed by atoms with Crippen molar-refractivity contribution in [3.63, 3.8) is 0 Å². The second kappa shape index (κ2) is 3.61. The average molecular weight is 182 g/mol. The van der Waals surface area contributed by atoms with Gasteiger partial charge in [-0.1, -0.05) is 0 Å². The van der Waals surface area contributed by atoms with Gasteiger partial charge >= 0.3 is 5.97 Å². The second-order valence-corrected chi connectivity index (χ2v) is 2.14. The Morgan fingerprint density at radius 2 is 2.38 bits per heavy atom. The Balaban J connectivity index is 3.19. The Kier molecular flexibility index (Phi) is 2.53. The zero-order valence-corrected chi connectivity index (χ0v) is 6.76. The van der Waals surface area contributed by atoms with Crippen molar-refractivity contribution in [1.29, 1.82) is 0 Å². The molecule has 1 heterocycles. The summed E-state index contributed by atoms with van der Waals surface area (Å²) < 4.78 is 4.34. The summed E-state index contributed by atoms with van der Waals surface area (Å²) in [6, 6.07) is 1.15. The summed E-state index contributed by atoms with van der Waals surface area (Å²) in [4.78, 5) is 24.3. The van der Waals surface area contributed by atoms with Gasteiger partial charge in [-0.25, -0.2) is 4.79 Å². The van der Waals surface area contributed by atoms with Crippen molar-refractivity contribution in [2.75, 3.05) is 7.11 Å². The Labute approximate surface area is 73.3 Å². The number of esters is 1. The molecule has 1 aromatic rings. The van der Waals surface area contributed by atoms with Gasteiger partial charge in [-0.05, 0) is 0 Å².